The smallest absolute Gasteiger partial charge is 0.319 e. The number of nitrogens with zero attached hydrogens (tertiary/aromatic N) is 2. The second-order valence-corrected chi connectivity index (χ2v) is 6.70. The number of rotatable bonds is 7. The summed E-state index contributed by atoms with van der Waals surface area (Å²) in [6, 6.07) is 10.6. The van der Waals surface area contributed by atoms with Crippen LogP contribution in [-0.2, 0) is 6.54 Å². The molecule has 0 saturated carbocycles. The SMILES string of the molecule is CNC(=O)Nc1cc(Nc2ncc(C(N)=O)c(NCc3ccccc3F)n2)ccc1Cl. The van der Waals surface area contributed by atoms with E-state index in [0.717, 1.165) is 0 Å². The van der Waals surface area contributed by atoms with Crippen molar-refractivity contribution in [2.45, 2.75) is 6.54 Å². The third-order valence-corrected chi connectivity index (χ3v) is 4.49. The quantitative estimate of drug-likeness (QED) is 0.379. The van der Waals surface area contributed by atoms with Crippen molar-refractivity contribution in [1.29, 1.82) is 0 Å². The van der Waals surface area contributed by atoms with E-state index < -0.39 is 11.9 Å². The summed E-state index contributed by atoms with van der Waals surface area (Å²) in [6.07, 6.45) is 1.26. The first kappa shape index (κ1) is 21.8. The molecule has 160 valence electrons. The largest absolute Gasteiger partial charge is 0.365 e. The van der Waals surface area contributed by atoms with E-state index >= 15 is 0 Å². The van der Waals surface area contributed by atoms with E-state index in [4.69, 9.17) is 17.3 Å². The van der Waals surface area contributed by atoms with Gasteiger partial charge in [-0.3, -0.25) is 4.79 Å². The summed E-state index contributed by atoms with van der Waals surface area (Å²) in [4.78, 5) is 31.6. The second kappa shape index (κ2) is 9.72. The lowest BCUT2D eigenvalue weighted by Gasteiger charge is -2.13. The van der Waals surface area contributed by atoms with Crippen LogP contribution >= 0.6 is 11.6 Å². The Kier molecular flexibility index (Phi) is 6.83. The lowest BCUT2D eigenvalue weighted by Crippen LogP contribution is -2.24. The lowest BCUT2D eigenvalue weighted by atomic mass is 10.2. The van der Waals surface area contributed by atoms with Gasteiger partial charge < -0.3 is 27.0 Å². The number of amides is 3. The molecule has 1 heterocycles. The average molecular weight is 444 g/mol. The van der Waals surface area contributed by atoms with Crippen LogP contribution in [-0.4, -0.2) is 29.0 Å². The summed E-state index contributed by atoms with van der Waals surface area (Å²) in [6.45, 7) is 0.0878. The first-order valence-electron chi connectivity index (χ1n) is 9.07. The van der Waals surface area contributed by atoms with Crippen LogP contribution in [0.3, 0.4) is 0 Å². The maximum Gasteiger partial charge on any atom is 0.319 e. The minimum absolute atomic E-state index is 0.0555. The second-order valence-electron chi connectivity index (χ2n) is 6.29. The first-order valence-corrected chi connectivity index (χ1v) is 9.44. The summed E-state index contributed by atoms with van der Waals surface area (Å²) in [5.41, 5.74) is 6.75. The standard InChI is InChI=1S/C20H19ClFN7O2/c1-24-20(31)28-16-8-12(6-7-14(16)21)27-19-26-10-13(17(23)30)18(29-19)25-9-11-4-2-3-5-15(11)22/h2-8,10H,9H2,1H3,(H2,23,30)(H2,24,28,31)(H2,25,26,27,29). The molecule has 0 aliphatic heterocycles. The Morgan fingerprint density at radius 3 is 2.68 bits per heavy atom. The number of nitrogens with two attached hydrogens (primary N) is 1. The molecule has 3 amide bonds. The average Bonchev–Trinajstić information content (AvgIpc) is 2.75. The Morgan fingerprint density at radius 2 is 1.97 bits per heavy atom. The molecule has 0 unspecified atom stereocenters. The highest BCUT2D eigenvalue weighted by Crippen LogP contribution is 2.27. The van der Waals surface area contributed by atoms with Crippen LogP contribution in [0.15, 0.2) is 48.7 Å². The summed E-state index contributed by atoms with van der Waals surface area (Å²) >= 11 is 6.10. The van der Waals surface area contributed by atoms with Crippen LogP contribution in [0.2, 0.25) is 5.02 Å². The molecule has 0 spiro atoms. The number of hydrogen-bond donors (Lipinski definition) is 5. The molecule has 3 aromatic rings. The monoisotopic (exact) mass is 443 g/mol. The highest BCUT2D eigenvalue weighted by molar-refractivity contribution is 6.33. The van der Waals surface area contributed by atoms with Gasteiger partial charge in [-0.1, -0.05) is 29.8 Å². The molecular formula is C20H19ClFN7O2. The fraction of sp³-hybridized carbons (Fsp3) is 0.100. The zero-order chi connectivity index (χ0) is 22.4. The number of aromatic nitrogens is 2. The van der Waals surface area contributed by atoms with Gasteiger partial charge in [0.15, 0.2) is 0 Å². The van der Waals surface area contributed by atoms with Crippen molar-refractivity contribution in [3.8, 4) is 0 Å². The van der Waals surface area contributed by atoms with Gasteiger partial charge >= 0.3 is 6.03 Å². The zero-order valence-electron chi connectivity index (χ0n) is 16.4. The summed E-state index contributed by atoms with van der Waals surface area (Å²) in [7, 11) is 1.48. The van der Waals surface area contributed by atoms with Crippen LogP contribution in [0.1, 0.15) is 15.9 Å². The summed E-state index contributed by atoms with van der Waals surface area (Å²) < 4.78 is 13.9. The maximum atomic E-state index is 13.9. The molecule has 3 rings (SSSR count). The lowest BCUT2D eigenvalue weighted by molar-refractivity contribution is 0.100. The van der Waals surface area contributed by atoms with Gasteiger partial charge in [0, 0.05) is 31.0 Å². The van der Waals surface area contributed by atoms with Crippen molar-refractivity contribution in [1.82, 2.24) is 15.3 Å². The van der Waals surface area contributed by atoms with Crippen molar-refractivity contribution in [2.24, 2.45) is 5.73 Å². The molecule has 0 bridgehead atoms. The number of anilines is 4. The fourth-order valence-electron chi connectivity index (χ4n) is 2.59. The maximum absolute atomic E-state index is 13.9. The van der Waals surface area contributed by atoms with Crippen LogP contribution in [0.4, 0.5) is 32.3 Å². The van der Waals surface area contributed by atoms with Gasteiger partial charge in [-0.15, -0.1) is 0 Å². The molecular weight excluding hydrogens is 425 g/mol. The molecule has 1 aromatic heterocycles. The Hall–Kier alpha value is -3.92. The number of hydrogen-bond acceptors (Lipinski definition) is 6. The number of primary amides is 1. The number of carbonyl (C=O) groups is 2. The van der Waals surface area contributed by atoms with Crippen molar-refractivity contribution in [3.05, 3.63) is 70.6 Å². The van der Waals surface area contributed by atoms with Crippen LogP contribution < -0.4 is 27.0 Å². The Balaban J connectivity index is 1.83. The number of benzene rings is 2. The van der Waals surface area contributed by atoms with Gasteiger partial charge in [-0.2, -0.15) is 4.98 Å². The predicted molar refractivity (Wildman–Crippen MR) is 117 cm³/mol. The van der Waals surface area contributed by atoms with Crippen LogP contribution in [0, 0.1) is 5.82 Å². The van der Waals surface area contributed by atoms with E-state index in [0.29, 0.717) is 22.0 Å². The van der Waals surface area contributed by atoms with Crippen molar-refractivity contribution >= 4 is 46.7 Å². The highest BCUT2D eigenvalue weighted by atomic mass is 35.5. The zero-order valence-corrected chi connectivity index (χ0v) is 17.1. The summed E-state index contributed by atoms with van der Waals surface area (Å²) in [5, 5.41) is 11.2. The van der Waals surface area contributed by atoms with Crippen LogP contribution in [0.5, 0.6) is 0 Å². The topological polar surface area (TPSA) is 134 Å². The van der Waals surface area contributed by atoms with Gasteiger partial charge in [-0.25, -0.2) is 14.2 Å². The molecule has 0 aliphatic rings. The molecule has 31 heavy (non-hydrogen) atoms. The van der Waals surface area contributed by atoms with Crippen molar-refractivity contribution < 1.29 is 14.0 Å². The third-order valence-electron chi connectivity index (χ3n) is 4.16. The molecule has 0 fully saturated rings. The fourth-order valence-corrected chi connectivity index (χ4v) is 2.76. The number of halogens is 2. The number of nitrogens with one attached hydrogen (secondary N) is 4. The van der Waals surface area contributed by atoms with E-state index in [-0.39, 0.29) is 29.7 Å². The number of urea groups is 1. The Morgan fingerprint density at radius 1 is 1.19 bits per heavy atom. The van der Waals surface area contributed by atoms with Gasteiger partial charge in [0.1, 0.15) is 11.6 Å². The van der Waals surface area contributed by atoms with Crippen molar-refractivity contribution in [3.63, 3.8) is 0 Å². The van der Waals surface area contributed by atoms with Crippen LogP contribution in [0.25, 0.3) is 0 Å². The minimum Gasteiger partial charge on any atom is -0.365 e. The predicted octanol–water partition coefficient (Wildman–Crippen LogP) is 3.48. The molecule has 6 N–H and O–H groups in total. The minimum atomic E-state index is -0.730. The molecule has 0 atom stereocenters. The van der Waals surface area contributed by atoms with E-state index in [2.05, 4.69) is 31.2 Å². The molecule has 2 aromatic carbocycles. The molecule has 0 aliphatic carbocycles. The highest BCUT2D eigenvalue weighted by Gasteiger charge is 2.14. The molecule has 0 radical (unpaired) electrons. The van der Waals surface area contributed by atoms with Gasteiger partial charge in [0.25, 0.3) is 5.91 Å². The normalized spacial score (nSPS) is 10.3. The van der Waals surface area contributed by atoms with Gasteiger partial charge in [0.05, 0.1) is 16.3 Å². The number of carbonyl (C=O) groups excluding carboxylic acids is 2. The van der Waals surface area contributed by atoms with E-state index in [1.54, 1.807) is 36.4 Å². The Bertz CT molecular complexity index is 1130. The third kappa shape index (κ3) is 5.58. The molecule has 0 saturated heterocycles. The first-order chi connectivity index (χ1) is 14.9. The van der Waals surface area contributed by atoms with E-state index in [9.17, 15) is 14.0 Å². The van der Waals surface area contributed by atoms with Crippen molar-refractivity contribution in [2.75, 3.05) is 23.0 Å². The van der Waals surface area contributed by atoms with Gasteiger partial charge in [-0.05, 0) is 24.3 Å². The molecule has 9 nitrogen and oxygen atoms in total. The van der Waals surface area contributed by atoms with E-state index in [1.807, 2.05) is 0 Å². The Labute approximate surface area is 182 Å². The molecule has 11 heteroatoms. The van der Waals surface area contributed by atoms with Gasteiger partial charge in [0.2, 0.25) is 5.95 Å². The van der Waals surface area contributed by atoms with E-state index in [1.165, 1.54) is 19.3 Å². The summed E-state index contributed by atoms with van der Waals surface area (Å²) in [5.74, 6) is -0.827.